The van der Waals surface area contributed by atoms with Gasteiger partial charge in [0.05, 0.1) is 16.7 Å². The van der Waals surface area contributed by atoms with Gasteiger partial charge >= 0.3 is 0 Å². The Labute approximate surface area is 139 Å². The SMILES string of the molecule is OC1c2c(-c3ccc(F)cc3)c3ncccc3n2CCN1C1CC1. The Bertz CT molecular complexity index is 914. The molecule has 24 heavy (non-hydrogen) atoms. The van der Waals surface area contributed by atoms with Gasteiger partial charge in [0.1, 0.15) is 12.0 Å². The molecule has 0 amide bonds. The second kappa shape index (κ2) is 5.13. The van der Waals surface area contributed by atoms with Crippen LogP contribution in [0, 0.1) is 5.82 Å². The van der Waals surface area contributed by atoms with E-state index in [1.54, 1.807) is 18.3 Å². The summed E-state index contributed by atoms with van der Waals surface area (Å²) in [5.41, 5.74) is 4.60. The monoisotopic (exact) mass is 323 g/mol. The average molecular weight is 323 g/mol. The molecule has 2 aromatic heterocycles. The number of aliphatic hydroxyl groups is 1. The number of benzene rings is 1. The van der Waals surface area contributed by atoms with Crippen LogP contribution >= 0.6 is 0 Å². The van der Waals surface area contributed by atoms with Gasteiger partial charge in [-0.2, -0.15) is 0 Å². The summed E-state index contributed by atoms with van der Waals surface area (Å²) in [5, 5.41) is 11.0. The van der Waals surface area contributed by atoms with Crippen LogP contribution in [0.1, 0.15) is 24.8 Å². The molecule has 4 nitrogen and oxygen atoms in total. The summed E-state index contributed by atoms with van der Waals surface area (Å²) >= 11 is 0. The Morgan fingerprint density at radius 1 is 1.08 bits per heavy atom. The molecule has 2 aliphatic rings. The van der Waals surface area contributed by atoms with Gasteiger partial charge in [-0.3, -0.25) is 9.88 Å². The molecule has 0 bridgehead atoms. The molecule has 1 saturated carbocycles. The first-order chi connectivity index (χ1) is 11.7. The fourth-order valence-corrected chi connectivity index (χ4v) is 3.89. The van der Waals surface area contributed by atoms with Crippen molar-refractivity contribution in [2.24, 2.45) is 0 Å². The second-order valence-electron chi connectivity index (χ2n) is 6.63. The Balaban J connectivity index is 1.77. The standard InChI is InChI=1S/C19H18FN3O/c20-13-5-3-12(4-6-13)16-17-15(2-1-9-21-17)23-11-10-22(14-7-8-14)19(24)18(16)23/h1-6,9,14,19,24H,7-8,10-11H2. The van der Waals surface area contributed by atoms with Crippen LogP contribution in [0.5, 0.6) is 0 Å². The summed E-state index contributed by atoms with van der Waals surface area (Å²) in [6.45, 7) is 1.69. The zero-order valence-corrected chi connectivity index (χ0v) is 13.2. The van der Waals surface area contributed by atoms with E-state index in [2.05, 4.69) is 14.5 Å². The number of hydrogen-bond donors (Lipinski definition) is 1. The third kappa shape index (κ3) is 2.01. The highest BCUT2D eigenvalue weighted by atomic mass is 19.1. The smallest absolute Gasteiger partial charge is 0.149 e. The van der Waals surface area contributed by atoms with E-state index >= 15 is 0 Å². The molecule has 1 aromatic carbocycles. The maximum absolute atomic E-state index is 13.4. The van der Waals surface area contributed by atoms with Crippen LogP contribution in [0.2, 0.25) is 0 Å². The molecule has 5 heteroatoms. The molecular formula is C19H18FN3O. The van der Waals surface area contributed by atoms with Crippen LogP contribution in [0.15, 0.2) is 42.6 Å². The lowest BCUT2D eigenvalue weighted by molar-refractivity contribution is -0.0255. The number of aromatic nitrogens is 2. The van der Waals surface area contributed by atoms with Crippen molar-refractivity contribution in [1.29, 1.82) is 0 Å². The number of fused-ring (bicyclic) bond motifs is 3. The molecule has 1 aliphatic heterocycles. The average Bonchev–Trinajstić information content (AvgIpc) is 3.38. The van der Waals surface area contributed by atoms with Gasteiger partial charge in [-0.1, -0.05) is 12.1 Å². The van der Waals surface area contributed by atoms with E-state index in [1.807, 2.05) is 12.1 Å². The lowest BCUT2D eigenvalue weighted by Crippen LogP contribution is -2.39. The predicted octanol–water partition coefficient (Wildman–Crippen LogP) is 3.31. The largest absolute Gasteiger partial charge is 0.372 e. The number of hydrogen-bond acceptors (Lipinski definition) is 3. The number of aliphatic hydroxyl groups excluding tert-OH is 1. The van der Waals surface area contributed by atoms with Crippen molar-refractivity contribution in [3.05, 3.63) is 54.1 Å². The quantitative estimate of drug-likeness (QED) is 0.787. The highest BCUT2D eigenvalue weighted by molar-refractivity contribution is 5.95. The van der Waals surface area contributed by atoms with Gasteiger partial charge in [0.25, 0.3) is 0 Å². The van der Waals surface area contributed by atoms with Crippen molar-refractivity contribution >= 4 is 11.0 Å². The lowest BCUT2D eigenvalue weighted by atomic mass is 10.0. The Morgan fingerprint density at radius 2 is 1.88 bits per heavy atom. The molecule has 5 rings (SSSR count). The minimum atomic E-state index is -0.638. The van der Waals surface area contributed by atoms with E-state index in [9.17, 15) is 9.50 Å². The van der Waals surface area contributed by atoms with Gasteiger partial charge in [-0.15, -0.1) is 0 Å². The Morgan fingerprint density at radius 3 is 2.62 bits per heavy atom. The maximum atomic E-state index is 13.4. The highest BCUT2D eigenvalue weighted by Gasteiger charge is 2.39. The minimum absolute atomic E-state index is 0.260. The third-order valence-electron chi connectivity index (χ3n) is 5.15. The summed E-state index contributed by atoms with van der Waals surface area (Å²) in [5.74, 6) is -0.260. The fourth-order valence-electron chi connectivity index (χ4n) is 3.89. The van der Waals surface area contributed by atoms with Crippen molar-refractivity contribution in [2.75, 3.05) is 6.54 Å². The maximum Gasteiger partial charge on any atom is 0.149 e. The molecule has 1 unspecified atom stereocenters. The third-order valence-corrected chi connectivity index (χ3v) is 5.15. The zero-order valence-electron chi connectivity index (χ0n) is 13.2. The molecule has 0 radical (unpaired) electrons. The summed E-state index contributed by atoms with van der Waals surface area (Å²) in [4.78, 5) is 6.74. The van der Waals surface area contributed by atoms with Crippen LogP contribution in [0.4, 0.5) is 4.39 Å². The van der Waals surface area contributed by atoms with E-state index < -0.39 is 6.23 Å². The van der Waals surface area contributed by atoms with Gasteiger partial charge in [-0.25, -0.2) is 4.39 Å². The van der Waals surface area contributed by atoms with E-state index in [0.29, 0.717) is 6.04 Å². The second-order valence-corrected chi connectivity index (χ2v) is 6.63. The molecule has 122 valence electrons. The van der Waals surface area contributed by atoms with Gasteiger partial charge in [0.2, 0.25) is 0 Å². The molecule has 0 spiro atoms. The van der Waals surface area contributed by atoms with Crippen molar-refractivity contribution in [2.45, 2.75) is 31.7 Å². The first-order valence-corrected chi connectivity index (χ1v) is 8.41. The molecule has 3 aromatic rings. The zero-order chi connectivity index (χ0) is 16.3. The molecule has 1 fully saturated rings. The van der Waals surface area contributed by atoms with Gasteiger partial charge in [0, 0.05) is 30.9 Å². The lowest BCUT2D eigenvalue weighted by Gasteiger charge is -2.34. The number of pyridine rings is 1. The number of rotatable bonds is 2. The van der Waals surface area contributed by atoms with E-state index in [1.165, 1.54) is 12.1 Å². The van der Waals surface area contributed by atoms with Gasteiger partial charge in [0.15, 0.2) is 0 Å². The molecule has 1 N–H and O–H groups in total. The number of nitrogens with zero attached hydrogens (tertiary/aromatic N) is 3. The molecular weight excluding hydrogens is 305 g/mol. The molecule has 3 heterocycles. The summed E-state index contributed by atoms with van der Waals surface area (Å²) < 4.78 is 15.5. The summed E-state index contributed by atoms with van der Waals surface area (Å²) in [7, 11) is 0. The normalized spacial score (nSPS) is 21.2. The van der Waals surface area contributed by atoms with E-state index in [0.717, 1.165) is 53.8 Å². The van der Waals surface area contributed by atoms with Crippen LogP contribution in [-0.4, -0.2) is 32.1 Å². The minimum Gasteiger partial charge on any atom is -0.372 e. The van der Waals surface area contributed by atoms with Crippen molar-refractivity contribution in [3.63, 3.8) is 0 Å². The first kappa shape index (κ1) is 14.1. The van der Waals surface area contributed by atoms with E-state index in [-0.39, 0.29) is 5.82 Å². The molecule has 1 atom stereocenters. The predicted molar refractivity (Wildman–Crippen MR) is 89.8 cm³/mol. The van der Waals surface area contributed by atoms with Crippen LogP contribution in [0.3, 0.4) is 0 Å². The summed E-state index contributed by atoms with van der Waals surface area (Å²) in [6, 6.07) is 10.9. The van der Waals surface area contributed by atoms with Crippen LogP contribution in [-0.2, 0) is 6.54 Å². The summed E-state index contributed by atoms with van der Waals surface area (Å²) in [6.07, 6.45) is 3.44. The van der Waals surface area contributed by atoms with Crippen molar-refractivity contribution in [1.82, 2.24) is 14.5 Å². The van der Waals surface area contributed by atoms with Crippen molar-refractivity contribution < 1.29 is 9.50 Å². The van der Waals surface area contributed by atoms with Gasteiger partial charge in [-0.05, 0) is 42.7 Å². The first-order valence-electron chi connectivity index (χ1n) is 8.41. The number of halogens is 1. The van der Waals surface area contributed by atoms with Crippen LogP contribution < -0.4 is 0 Å². The van der Waals surface area contributed by atoms with Gasteiger partial charge < -0.3 is 9.67 Å². The van der Waals surface area contributed by atoms with Crippen molar-refractivity contribution in [3.8, 4) is 11.1 Å². The fraction of sp³-hybridized carbons (Fsp3) is 0.316. The topological polar surface area (TPSA) is 41.3 Å². The Hall–Kier alpha value is -2.24. The van der Waals surface area contributed by atoms with Crippen LogP contribution in [0.25, 0.3) is 22.2 Å². The highest BCUT2D eigenvalue weighted by Crippen LogP contribution is 2.43. The van der Waals surface area contributed by atoms with E-state index in [4.69, 9.17) is 0 Å². The molecule has 0 saturated heterocycles. The Kier molecular flexibility index (Phi) is 3.02. The molecule has 1 aliphatic carbocycles.